The number of hydrogen-bond donors (Lipinski definition) is 1. The molecule has 1 nitrogen and oxygen atoms in total. The van der Waals surface area contributed by atoms with Crippen molar-refractivity contribution in [1.82, 2.24) is 0 Å². The standard InChI is InChI=1S/C13H19NS/c1-3-11(2)9-12(14)10-15-13-7-5-4-6-8-13/h4-8,12H,2-3,9-10,14H2,1H3. The van der Waals surface area contributed by atoms with Gasteiger partial charge in [-0.3, -0.25) is 0 Å². The van der Waals surface area contributed by atoms with E-state index in [0.29, 0.717) is 0 Å². The molecule has 1 aromatic carbocycles. The van der Waals surface area contributed by atoms with Gasteiger partial charge in [0.1, 0.15) is 0 Å². The van der Waals surface area contributed by atoms with Crippen molar-refractivity contribution in [1.29, 1.82) is 0 Å². The lowest BCUT2D eigenvalue weighted by molar-refractivity contribution is 0.726. The topological polar surface area (TPSA) is 26.0 Å². The average Bonchev–Trinajstić information content (AvgIpc) is 2.27. The molecule has 0 amide bonds. The second-order valence-corrected chi connectivity index (χ2v) is 4.79. The van der Waals surface area contributed by atoms with E-state index in [2.05, 4.69) is 37.8 Å². The molecule has 0 aromatic heterocycles. The van der Waals surface area contributed by atoms with Crippen molar-refractivity contribution < 1.29 is 0 Å². The zero-order valence-corrected chi connectivity index (χ0v) is 10.1. The minimum Gasteiger partial charge on any atom is -0.327 e. The second kappa shape index (κ2) is 6.70. The predicted octanol–water partition coefficient (Wildman–Crippen LogP) is 3.46. The molecule has 0 radical (unpaired) electrons. The normalized spacial score (nSPS) is 12.4. The molecule has 0 fully saturated rings. The molecule has 1 rings (SSSR count). The highest BCUT2D eigenvalue weighted by molar-refractivity contribution is 7.99. The number of thioether (sulfide) groups is 1. The van der Waals surface area contributed by atoms with E-state index in [1.54, 1.807) is 0 Å². The SMILES string of the molecule is C=C(CC)CC(N)CSc1ccccc1. The number of nitrogens with two attached hydrogens (primary N) is 1. The van der Waals surface area contributed by atoms with Crippen molar-refractivity contribution in [3.05, 3.63) is 42.5 Å². The third-order valence-electron chi connectivity index (χ3n) is 2.26. The van der Waals surface area contributed by atoms with E-state index in [4.69, 9.17) is 5.73 Å². The van der Waals surface area contributed by atoms with Gasteiger partial charge in [0.15, 0.2) is 0 Å². The van der Waals surface area contributed by atoms with E-state index in [1.807, 2.05) is 17.8 Å². The summed E-state index contributed by atoms with van der Waals surface area (Å²) in [4.78, 5) is 1.29. The molecule has 1 aromatic rings. The van der Waals surface area contributed by atoms with Gasteiger partial charge in [0, 0.05) is 16.7 Å². The molecule has 0 aliphatic heterocycles. The lowest BCUT2D eigenvalue weighted by atomic mass is 10.1. The predicted molar refractivity (Wildman–Crippen MR) is 69.2 cm³/mol. The van der Waals surface area contributed by atoms with Crippen LogP contribution in [0.2, 0.25) is 0 Å². The molecular formula is C13H19NS. The monoisotopic (exact) mass is 221 g/mol. The van der Waals surface area contributed by atoms with E-state index in [9.17, 15) is 0 Å². The Balaban J connectivity index is 2.28. The molecule has 15 heavy (non-hydrogen) atoms. The summed E-state index contributed by atoms with van der Waals surface area (Å²) in [5, 5.41) is 0. The summed E-state index contributed by atoms with van der Waals surface area (Å²) in [6, 6.07) is 10.6. The maximum Gasteiger partial charge on any atom is 0.0171 e. The van der Waals surface area contributed by atoms with E-state index in [1.165, 1.54) is 10.5 Å². The summed E-state index contributed by atoms with van der Waals surface area (Å²) in [5.74, 6) is 0.961. The van der Waals surface area contributed by atoms with Crippen LogP contribution in [0.5, 0.6) is 0 Å². The zero-order chi connectivity index (χ0) is 11.1. The highest BCUT2D eigenvalue weighted by Gasteiger charge is 2.04. The molecule has 2 N–H and O–H groups in total. The molecule has 0 bridgehead atoms. The summed E-state index contributed by atoms with van der Waals surface area (Å²) in [5.41, 5.74) is 7.26. The van der Waals surface area contributed by atoms with Gasteiger partial charge >= 0.3 is 0 Å². The van der Waals surface area contributed by atoms with E-state index in [-0.39, 0.29) is 6.04 Å². The first-order chi connectivity index (χ1) is 7.22. The van der Waals surface area contributed by atoms with Crippen molar-refractivity contribution in [2.75, 3.05) is 5.75 Å². The molecule has 0 heterocycles. The van der Waals surface area contributed by atoms with Crippen molar-refractivity contribution in [3.8, 4) is 0 Å². The zero-order valence-electron chi connectivity index (χ0n) is 9.28. The third-order valence-corrected chi connectivity index (χ3v) is 3.46. The second-order valence-electron chi connectivity index (χ2n) is 3.69. The van der Waals surface area contributed by atoms with Crippen molar-refractivity contribution in [3.63, 3.8) is 0 Å². The van der Waals surface area contributed by atoms with E-state index >= 15 is 0 Å². The molecule has 82 valence electrons. The molecule has 0 aliphatic carbocycles. The van der Waals surface area contributed by atoms with Crippen LogP contribution in [0.25, 0.3) is 0 Å². The van der Waals surface area contributed by atoms with Gasteiger partial charge in [-0.15, -0.1) is 11.8 Å². The Morgan fingerprint density at radius 3 is 2.67 bits per heavy atom. The molecule has 0 saturated heterocycles. The largest absolute Gasteiger partial charge is 0.327 e. The van der Waals surface area contributed by atoms with Crippen LogP contribution in [0, 0.1) is 0 Å². The van der Waals surface area contributed by atoms with Gasteiger partial charge in [-0.2, -0.15) is 0 Å². The van der Waals surface area contributed by atoms with Crippen LogP contribution in [0.1, 0.15) is 19.8 Å². The first-order valence-corrected chi connectivity index (χ1v) is 6.31. The van der Waals surface area contributed by atoms with Crippen molar-refractivity contribution >= 4 is 11.8 Å². The van der Waals surface area contributed by atoms with Crippen LogP contribution in [-0.4, -0.2) is 11.8 Å². The van der Waals surface area contributed by atoms with Crippen LogP contribution < -0.4 is 5.73 Å². The fourth-order valence-corrected chi connectivity index (χ4v) is 2.17. The van der Waals surface area contributed by atoms with E-state index < -0.39 is 0 Å². The van der Waals surface area contributed by atoms with Crippen molar-refractivity contribution in [2.24, 2.45) is 5.73 Å². The maximum absolute atomic E-state index is 6.02. The summed E-state index contributed by atoms with van der Waals surface area (Å²) >= 11 is 1.81. The van der Waals surface area contributed by atoms with Crippen LogP contribution >= 0.6 is 11.8 Å². The average molecular weight is 221 g/mol. The smallest absolute Gasteiger partial charge is 0.0171 e. The van der Waals surface area contributed by atoms with Gasteiger partial charge in [0.05, 0.1) is 0 Å². The summed E-state index contributed by atoms with van der Waals surface area (Å²) in [6.07, 6.45) is 1.97. The Morgan fingerprint density at radius 2 is 2.07 bits per heavy atom. The van der Waals surface area contributed by atoms with Gasteiger partial charge in [0.25, 0.3) is 0 Å². The Morgan fingerprint density at radius 1 is 1.40 bits per heavy atom. The summed E-state index contributed by atoms with van der Waals surface area (Å²) in [6.45, 7) is 6.10. The lowest BCUT2D eigenvalue weighted by Gasteiger charge is -2.11. The molecule has 0 saturated carbocycles. The Hall–Kier alpha value is -0.730. The molecular weight excluding hydrogens is 202 g/mol. The first-order valence-electron chi connectivity index (χ1n) is 5.32. The minimum absolute atomic E-state index is 0.225. The molecule has 2 heteroatoms. The highest BCUT2D eigenvalue weighted by atomic mass is 32.2. The van der Waals surface area contributed by atoms with Gasteiger partial charge < -0.3 is 5.73 Å². The summed E-state index contributed by atoms with van der Waals surface area (Å²) < 4.78 is 0. The van der Waals surface area contributed by atoms with Gasteiger partial charge in [-0.25, -0.2) is 0 Å². The van der Waals surface area contributed by atoms with Gasteiger partial charge in [-0.1, -0.05) is 37.3 Å². The van der Waals surface area contributed by atoms with Crippen LogP contribution in [0.3, 0.4) is 0 Å². The summed E-state index contributed by atoms with van der Waals surface area (Å²) in [7, 11) is 0. The lowest BCUT2D eigenvalue weighted by Crippen LogP contribution is -2.23. The Bertz CT molecular complexity index is 295. The number of rotatable bonds is 6. The van der Waals surface area contributed by atoms with Crippen molar-refractivity contribution in [2.45, 2.75) is 30.7 Å². The third kappa shape index (κ3) is 5.05. The first kappa shape index (κ1) is 12.3. The van der Waals surface area contributed by atoms with Crippen LogP contribution in [0.4, 0.5) is 0 Å². The Labute approximate surface area is 96.8 Å². The molecule has 1 atom stereocenters. The molecule has 0 aliphatic rings. The van der Waals surface area contributed by atoms with Gasteiger partial charge in [0.2, 0.25) is 0 Å². The number of benzene rings is 1. The fraction of sp³-hybridized carbons (Fsp3) is 0.385. The maximum atomic E-state index is 6.02. The minimum atomic E-state index is 0.225. The Kier molecular flexibility index (Phi) is 5.51. The highest BCUT2D eigenvalue weighted by Crippen LogP contribution is 2.19. The number of hydrogen-bond acceptors (Lipinski definition) is 2. The van der Waals surface area contributed by atoms with Crippen LogP contribution in [-0.2, 0) is 0 Å². The van der Waals surface area contributed by atoms with Crippen LogP contribution in [0.15, 0.2) is 47.4 Å². The molecule has 1 unspecified atom stereocenters. The quantitative estimate of drug-likeness (QED) is 0.588. The fourth-order valence-electron chi connectivity index (χ4n) is 1.29. The van der Waals surface area contributed by atoms with E-state index in [0.717, 1.165) is 18.6 Å². The van der Waals surface area contributed by atoms with Gasteiger partial charge in [-0.05, 0) is 25.0 Å². The molecule has 0 spiro atoms.